The molecule has 1 aromatic carbocycles. The minimum Gasteiger partial charge on any atom is -0.348 e. The second-order valence-corrected chi connectivity index (χ2v) is 3.13. The lowest BCUT2D eigenvalue weighted by atomic mass is 10.1. The average molecular weight is 198 g/mol. The van der Waals surface area contributed by atoms with Crippen LogP contribution in [0.4, 0.5) is 0 Å². The lowest BCUT2D eigenvalue weighted by Crippen LogP contribution is -2.27. The van der Waals surface area contributed by atoms with E-state index in [2.05, 4.69) is 5.32 Å². The summed E-state index contributed by atoms with van der Waals surface area (Å²) in [4.78, 5) is 10.8. The van der Waals surface area contributed by atoms with Crippen molar-refractivity contribution in [3.05, 3.63) is 35.9 Å². The molecule has 1 rings (SSSR count). The molecule has 1 aromatic rings. The summed E-state index contributed by atoms with van der Waals surface area (Å²) in [6, 6.07) is 9.60. The van der Waals surface area contributed by atoms with Gasteiger partial charge in [-0.3, -0.25) is 4.79 Å². The molecule has 1 N–H and O–H groups in total. The quantitative estimate of drug-likeness (QED) is 0.739. The first kappa shape index (κ1) is 10.1. The summed E-state index contributed by atoms with van der Waals surface area (Å²) in [5.74, 6) is 0.332. The molecule has 70 valence electrons. The number of benzene rings is 1. The Hall–Kier alpha value is -1.02. The van der Waals surface area contributed by atoms with Crippen molar-refractivity contribution >= 4 is 17.5 Å². The van der Waals surface area contributed by atoms with Gasteiger partial charge in [-0.1, -0.05) is 30.3 Å². The van der Waals surface area contributed by atoms with E-state index in [9.17, 15) is 4.79 Å². The number of amides is 1. The zero-order valence-electron chi connectivity index (χ0n) is 7.46. The van der Waals surface area contributed by atoms with Gasteiger partial charge in [-0.2, -0.15) is 0 Å². The van der Waals surface area contributed by atoms with Crippen molar-refractivity contribution in [3.8, 4) is 0 Å². The molecule has 3 heteroatoms. The van der Waals surface area contributed by atoms with E-state index in [0.29, 0.717) is 5.88 Å². The first-order valence-corrected chi connectivity index (χ1v) is 4.65. The fourth-order valence-corrected chi connectivity index (χ4v) is 1.40. The Kier molecular flexibility index (Phi) is 3.77. The van der Waals surface area contributed by atoms with Gasteiger partial charge in [0, 0.05) is 12.8 Å². The van der Waals surface area contributed by atoms with E-state index in [4.69, 9.17) is 11.6 Å². The van der Waals surface area contributed by atoms with Gasteiger partial charge >= 0.3 is 0 Å². The van der Waals surface area contributed by atoms with E-state index in [1.807, 2.05) is 30.3 Å². The van der Waals surface area contributed by atoms with Crippen molar-refractivity contribution < 1.29 is 4.79 Å². The lowest BCUT2D eigenvalue weighted by Gasteiger charge is -2.14. The second kappa shape index (κ2) is 4.87. The van der Waals surface area contributed by atoms with Gasteiger partial charge in [-0.15, -0.1) is 11.6 Å². The zero-order chi connectivity index (χ0) is 9.68. The Morgan fingerprint density at radius 3 is 2.54 bits per heavy atom. The number of carbonyl (C=O) groups is 1. The number of carbonyl (C=O) groups excluding carboxylic acids is 1. The average Bonchev–Trinajstić information content (AvgIpc) is 2.15. The molecule has 1 amide bonds. The Morgan fingerprint density at radius 2 is 2.08 bits per heavy atom. The molecule has 0 aliphatic heterocycles. The molecule has 0 saturated heterocycles. The second-order valence-electron chi connectivity index (χ2n) is 2.82. The van der Waals surface area contributed by atoms with Crippen LogP contribution in [-0.4, -0.2) is 11.8 Å². The summed E-state index contributed by atoms with van der Waals surface area (Å²) in [5.41, 5.74) is 1.03. The van der Waals surface area contributed by atoms with Gasteiger partial charge in [0.1, 0.15) is 0 Å². The fraction of sp³-hybridized carbons (Fsp3) is 0.300. The fourth-order valence-electron chi connectivity index (χ4n) is 1.14. The first-order chi connectivity index (χ1) is 6.24. The minimum atomic E-state index is -0.0830. The molecular formula is C10H12ClNO. The molecule has 0 radical (unpaired) electrons. The van der Waals surface area contributed by atoms with Crippen molar-refractivity contribution in [2.75, 3.05) is 5.88 Å². The highest BCUT2D eigenvalue weighted by Crippen LogP contribution is 2.13. The third kappa shape index (κ3) is 3.07. The van der Waals surface area contributed by atoms with Crippen LogP contribution in [0.3, 0.4) is 0 Å². The maximum absolute atomic E-state index is 10.8. The highest BCUT2D eigenvalue weighted by Gasteiger charge is 2.09. The molecule has 13 heavy (non-hydrogen) atoms. The van der Waals surface area contributed by atoms with Gasteiger partial charge in [0.15, 0.2) is 0 Å². The zero-order valence-corrected chi connectivity index (χ0v) is 8.21. The van der Waals surface area contributed by atoms with Crippen molar-refractivity contribution in [2.24, 2.45) is 0 Å². The van der Waals surface area contributed by atoms with Crippen molar-refractivity contribution in [3.63, 3.8) is 0 Å². The highest BCUT2D eigenvalue weighted by molar-refractivity contribution is 6.18. The number of nitrogens with one attached hydrogen (secondary N) is 1. The van der Waals surface area contributed by atoms with E-state index in [1.54, 1.807) is 0 Å². The predicted molar refractivity (Wildman–Crippen MR) is 53.7 cm³/mol. The van der Waals surface area contributed by atoms with Crippen LogP contribution >= 0.6 is 11.6 Å². The summed E-state index contributed by atoms with van der Waals surface area (Å²) in [6.07, 6.45) is 0. The van der Waals surface area contributed by atoms with Crippen LogP contribution < -0.4 is 5.32 Å². The molecule has 0 spiro atoms. The summed E-state index contributed by atoms with van der Waals surface area (Å²) >= 11 is 5.73. The van der Waals surface area contributed by atoms with Gasteiger partial charge in [-0.05, 0) is 5.56 Å². The van der Waals surface area contributed by atoms with Crippen LogP contribution in [0.5, 0.6) is 0 Å². The number of alkyl halides is 1. The van der Waals surface area contributed by atoms with Crippen LogP contribution in [-0.2, 0) is 4.79 Å². The van der Waals surface area contributed by atoms with Crippen LogP contribution in [0.15, 0.2) is 30.3 Å². The third-order valence-electron chi connectivity index (χ3n) is 1.73. The van der Waals surface area contributed by atoms with E-state index in [0.717, 1.165) is 5.56 Å². The number of rotatable bonds is 3. The standard InChI is InChI=1S/C10H12ClNO/c1-8(13)12-10(7-11)9-5-3-2-4-6-9/h2-6,10H,7H2,1H3,(H,12,13)/t10-/m0/s1. The highest BCUT2D eigenvalue weighted by atomic mass is 35.5. The molecular weight excluding hydrogens is 186 g/mol. The molecule has 0 aliphatic rings. The summed E-state index contributed by atoms with van der Waals surface area (Å²) in [7, 11) is 0. The van der Waals surface area contributed by atoms with Crippen molar-refractivity contribution in [2.45, 2.75) is 13.0 Å². The largest absolute Gasteiger partial charge is 0.348 e. The van der Waals surface area contributed by atoms with Gasteiger partial charge in [0.05, 0.1) is 6.04 Å². The summed E-state index contributed by atoms with van der Waals surface area (Å²) in [6.45, 7) is 1.49. The Bertz CT molecular complexity index is 274. The number of hydrogen-bond donors (Lipinski definition) is 1. The van der Waals surface area contributed by atoms with Crippen LogP contribution in [0.2, 0.25) is 0 Å². The van der Waals surface area contributed by atoms with Gasteiger partial charge in [0.2, 0.25) is 5.91 Å². The molecule has 1 atom stereocenters. The maximum Gasteiger partial charge on any atom is 0.217 e. The third-order valence-corrected chi connectivity index (χ3v) is 2.04. The smallest absolute Gasteiger partial charge is 0.217 e. The first-order valence-electron chi connectivity index (χ1n) is 4.12. The molecule has 0 aliphatic carbocycles. The summed E-state index contributed by atoms with van der Waals surface area (Å²) in [5, 5.41) is 2.77. The molecule has 0 fully saturated rings. The Labute approximate surface area is 82.9 Å². The van der Waals surface area contributed by atoms with Crippen LogP contribution in [0, 0.1) is 0 Å². The monoisotopic (exact) mass is 197 g/mol. The predicted octanol–water partition coefficient (Wildman–Crippen LogP) is 2.10. The molecule has 0 heterocycles. The van der Waals surface area contributed by atoms with E-state index in [1.165, 1.54) is 6.92 Å². The topological polar surface area (TPSA) is 29.1 Å². The van der Waals surface area contributed by atoms with Crippen molar-refractivity contribution in [1.82, 2.24) is 5.32 Å². The van der Waals surface area contributed by atoms with Crippen LogP contribution in [0.1, 0.15) is 18.5 Å². The normalized spacial score (nSPS) is 12.2. The number of halogens is 1. The van der Waals surface area contributed by atoms with E-state index in [-0.39, 0.29) is 11.9 Å². The Morgan fingerprint density at radius 1 is 1.46 bits per heavy atom. The molecule has 2 nitrogen and oxygen atoms in total. The van der Waals surface area contributed by atoms with E-state index < -0.39 is 0 Å². The molecule has 0 aromatic heterocycles. The van der Waals surface area contributed by atoms with Gasteiger partial charge in [0.25, 0.3) is 0 Å². The SMILES string of the molecule is CC(=O)N[C@@H](CCl)c1ccccc1. The Balaban J connectivity index is 2.73. The van der Waals surface area contributed by atoms with Gasteiger partial charge < -0.3 is 5.32 Å². The summed E-state index contributed by atoms with van der Waals surface area (Å²) < 4.78 is 0. The van der Waals surface area contributed by atoms with E-state index >= 15 is 0 Å². The lowest BCUT2D eigenvalue weighted by molar-refractivity contribution is -0.119. The van der Waals surface area contributed by atoms with Crippen LogP contribution in [0.25, 0.3) is 0 Å². The van der Waals surface area contributed by atoms with Gasteiger partial charge in [-0.25, -0.2) is 0 Å². The maximum atomic E-state index is 10.8. The molecule has 0 unspecified atom stereocenters. The number of hydrogen-bond acceptors (Lipinski definition) is 1. The molecule has 0 saturated carbocycles. The molecule has 0 bridgehead atoms. The van der Waals surface area contributed by atoms with Crippen molar-refractivity contribution in [1.29, 1.82) is 0 Å². The minimum absolute atomic E-state index is 0.0606.